The van der Waals surface area contributed by atoms with Crippen molar-refractivity contribution >= 4 is 50.1 Å². The van der Waals surface area contributed by atoms with E-state index in [1.165, 1.54) is 0 Å². The van der Waals surface area contributed by atoms with E-state index >= 15 is 0 Å². The summed E-state index contributed by atoms with van der Waals surface area (Å²) in [5.41, 5.74) is 3.19. The minimum Gasteiger partial charge on any atom is -0.232 e. The molecule has 0 spiro atoms. The quantitative estimate of drug-likeness (QED) is 0.460. The zero-order valence-corrected chi connectivity index (χ0v) is 15.2. The molecule has 0 saturated heterocycles. The fraction of sp³-hybridized carbons (Fsp3) is 0.286. The number of hydrogen-bond donors (Lipinski definition) is 0. The molecule has 0 bridgehead atoms. The van der Waals surface area contributed by atoms with E-state index in [9.17, 15) is 0 Å². The van der Waals surface area contributed by atoms with Gasteiger partial charge < -0.3 is 0 Å². The second-order valence-electron chi connectivity index (χ2n) is 4.31. The minimum absolute atomic E-state index is 0.538. The van der Waals surface area contributed by atoms with Crippen LogP contribution in [0.15, 0.2) is 22.7 Å². The van der Waals surface area contributed by atoms with Crippen LogP contribution in [0.3, 0.4) is 0 Å². The predicted molar refractivity (Wildman–Crippen MR) is 91.6 cm³/mol. The van der Waals surface area contributed by atoms with E-state index in [0.717, 1.165) is 37.7 Å². The molecule has 1 aromatic carbocycles. The van der Waals surface area contributed by atoms with Crippen molar-refractivity contribution in [3.63, 3.8) is 0 Å². The molecule has 0 aliphatic heterocycles. The summed E-state index contributed by atoms with van der Waals surface area (Å²) in [5, 5.41) is 0.538. The van der Waals surface area contributed by atoms with Crippen molar-refractivity contribution in [1.29, 1.82) is 0 Å². The Bertz CT molecular complexity index is 617. The maximum Gasteiger partial charge on any atom is 0.161 e. The fourth-order valence-electron chi connectivity index (χ4n) is 1.86. The molecule has 0 saturated carbocycles. The fourth-order valence-corrected chi connectivity index (χ4v) is 3.04. The van der Waals surface area contributed by atoms with Crippen LogP contribution >= 0.6 is 50.1 Å². The number of nitrogens with zero attached hydrogens (tertiary/aromatic N) is 2. The van der Waals surface area contributed by atoms with Crippen molar-refractivity contribution in [2.75, 3.05) is 0 Å². The van der Waals surface area contributed by atoms with Crippen LogP contribution in [0.4, 0.5) is 0 Å². The normalized spacial score (nSPS) is 10.8. The molecular weight excluding hydrogens is 438 g/mol. The number of halogens is 3. The van der Waals surface area contributed by atoms with E-state index in [4.69, 9.17) is 11.6 Å². The monoisotopic (exact) mass is 450 g/mol. The Labute approximate surface area is 140 Å². The van der Waals surface area contributed by atoms with Crippen molar-refractivity contribution in [3.05, 3.63) is 42.7 Å². The van der Waals surface area contributed by atoms with Crippen molar-refractivity contribution in [2.45, 2.75) is 26.7 Å². The third kappa shape index (κ3) is 3.47. The van der Waals surface area contributed by atoms with Gasteiger partial charge in [-0.05, 0) is 59.7 Å². The van der Waals surface area contributed by atoms with Gasteiger partial charge in [0.15, 0.2) is 5.82 Å². The van der Waals surface area contributed by atoms with Crippen LogP contribution in [0.25, 0.3) is 11.4 Å². The van der Waals surface area contributed by atoms with Crippen LogP contribution in [-0.2, 0) is 6.42 Å². The molecular formula is C14H13BrClIN2. The molecule has 1 aromatic heterocycles. The van der Waals surface area contributed by atoms with Gasteiger partial charge in [-0.25, -0.2) is 9.97 Å². The highest BCUT2D eigenvalue weighted by Gasteiger charge is 2.13. The Kier molecular flexibility index (Phi) is 5.20. The molecule has 2 rings (SSSR count). The van der Waals surface area contributed by atoms with Gasteiger partial charge in [-0.15, -0.1) is 0 Å². The first-order chi connectivity index (χ1) is 9.02. The van der Waals surface area contributed by atoms with E-state index in [2.05, 4.69) is 68.4 Å². The SMILES string of the molecule is CCCc1nc(-c2ccc(Br)cc2C)nc(Cl)c1I. The average molecular weight is 452 g/mol. The Morgan fingerprint density at radius 3 is 2.68 bits per heavy atom. The van der Waals surface area contributed by atoms with Gasteiger partial charge in [0.25, 0.3) is 0 Å². The molecule has 0 unspecified atom stereocenters. The molecule has 0 amide bonds. The lowest BCUT2D eigenvalue weighted by molar-refractivity contribution is 0.867. The van der Waals surface area contributed by atoms with Crippen molar-refractivity contribution < 1.29 is 0 Å². The second kappa shape index (κ2) is 6.50. The van der Waals surface area contributed by atoms with Gasteiger partial charge in [0.05, 0.1) is 9.26 Å². The van der Waals surface area contributed by atoms with Gasteiger partial charge in [-0.3, -0.25) is 0 Å². The molecule has 2 aromatic rings. The summed E-state index contributed by atoms with van der Waals surface area (Å²) in [6.07, 6.45) is 1.96. The number of benzene rings is 1. The number of rotatable bonds is 3. The van der Waals surface area contributed by atoms with E-state index in [0.29, 0.717) is 11.0 Å². The predicted octanol–water partition coefficient (Wildman–Crippen LogP) is 5.43. The third-order valence-electron chi connectivity index (χ3n) is 2.80. The molecule has 0 N–H and O–H groups in total. The molecule has 0 fully saturated rings. The summed E-state index contributed by atoms with van der Waals surface area (Å²) in [5.74, 6) is 0.707. The van der Waals surface area contributed by atoms with Crippen molar-refractivity contribution in [3.8, 4) is 11.4 Å². The number of aryl methyl sites for hydroxylation is 2. The van der Waals surface area contributed by atoms with Gasteiger partial charge in [0.1, 0.15) is 5.15 Å². The Hall–Kier alpha value is -0.200. The van der Waals surface area contributed by atoms with Crippen LogP contribution in [0, 0.1) is 10.5 Å². The smallest absolute Gasteiger partial charge is 0.161 e. The molecule has 0 aliphatic rings. The zero-order chi connectivity index (χ0) is 14.0. The highest BCUT2D eigenvalue weighted by molar-refractivity contribution is 14.1. The van der Waals surface area contributed by atoms with E-state index in [1.807, 2.05) is 12.1 Å². The molecule has 0 atom stereocenters. The average Bonchev–Trinajstić information content (AvgIpc) is 2.35. The van der Waals surface area contributed by atoms with Crippen LogP contribution in [-0.4, -0.2) is 9.97 Å². The summed E-state index contributed by atoms with van der Waals surface area (Å²) in [6, 6.07) is 6.08. The summed E-state index contributed by atoms with van der Waals surface area (Å²) in [4.78, 5) is 9.07. The highest BCUT2D eigenvalue weighted by Crippen LogP contribution is 2.28. The van der Waals surface area contributed by atoms with Crippen molar-refractivity contribution in [2.24, 2.45) is 0 Å². The van der Waals surface area contributed by atoms with Crippen molar-refractivity contribution in [1.82, 2.24) is 9.97 Å². The lowest BCUT2D eigenvalue weighted by Crippen LogP contribution is -2.01. The molecule has 19 heavy (non-hydrogen) atoms. The third-order valence-corrected chi connectivity index (χ3v) is 5.01. The van der Waals surface area contributed by atoms with Gasteiger partial charge in [0.2, 0.25) is 0 Å². The standard InChI is InChI=1S/C14H13BrClIN2/c1-3-4-11-12(17)13(16)19-14(18-11)10-6-5-9(15)7-8(10)2/h5-7H,3-4H2,1-2H3. The highest BCUT2D eigenvalue weighted by atomic mass is 127. The summed E-state index contributed by atoms with van der Waals surface area (Å²) in [7, 11) is 0. The van der Waals surface area contributed by atoms with E-state index in [1.54, 1.807) is 0 Å². The van der Waals surface area contributed by atoms with Crippen LogP contribution in [0.2, 0.25) is 5.15 Å². The Morgan fingerprint density at radius 1 is 1.32 bits per heavy atom. The first-order valence-electron chi connectivity index (χ1n) is 6.01. The topological polar surface area (TPSA) is 25.8 Å². The van der Waals surface area contributed by atoms with Crippen LogP contribution in [0.1, 0.15) is 24.6 Å². The van der Waals surface area contributed by atoms with E-state index < -0.39 is 0 Å². The first kappa shape index (κ1) is 15.2. The largest absolute Gasteiger partial charge is 0.232 e. The van der Waals surface area contributed by atoms with Crippen LogP contribution in [0.5, 0.6) is 0 Å². The summed E-state index contributed by atoms with van der Waals surface area (Å²) in [6.45, 7) is 4.19. The molecule has 0 aliphatic carbocycles. The van der Waals surface area contributed by atoms with E-state index in [-0.39, 0.29) is 0 Å². The molecule has 2 nitrogen and oxygen atoms in total. The Morgan fingerprint density at radius 2 is 2.05 bits per heavy atom. The van der Waals surface area contributed by atoms with Crippen LogP contribution < -0.4 is 0 Å². The number of aromatic nitrogens is 2. The second-order valence-corrected chi connectivity index (χ2v) is 6.66. The summed E-state index contributed by atoms with van der Waals surface area (Å²) < 4.78 is 2.01. The van der Waals surface area contributed by atoms with Gasteiger partial charge >= 0.3 is 0 Å². The minimum atomic E-state index is 0.538. The number of hydrogen-bond acceptors (Lipinski definition) is 2. The molecule has 0 radical (unpaired) electrons. The lowest BCUT2D eigenvalue weighted by Gasteiger charge is -2.09. The zero-order valence-electron chi connectivity index (χ0n) is 10.7. The molecule has 100 valence electrons. The molecule has 1 heterocycles. The van der Waals surface area contributed by atoms with Gasteiger partial charge in [-0.1, -0.05) is 40.9 Å². The van der Waals surface area contributed by atoms with Gasteiger partial charge in [0, 0.05) is 10.0 Å². The Balaban J connectivity index is 2.56. The summed E-state index contributed by atoms with van der Waals surface area (Å²) >= 11 is 11.9. The lowest BCUT2D eigenvalue weighted by atomic mass is 10.1. The maximum absolute atomic E-state index is 6.22. The first-order valence-corrected chi connectivity index (χ1v) is 8.26. The van der Waals surface area contributed by atoms with Gasteiger partial charge in [-0.2, -0.15) is 0 Å². The molecule has 5 heteroatoms. The maximum atomic E-state index is 6.22.